The Morgan fingerprint density at radius 3 is 3.10 bits per heavy atom. The van der Waals surface area contributed by atoms with Gasteiger partial charge in [0.25, 0.3) is 0 Å². The van der Waals surface area contributed by atoms with Crippen LogP contribution in [0.5, 0.6) is 0 Å². The summed E-state index contributed by atoms with van der Waals surface area (Å²) in [4.78, 5) is 19.0. The molecule has 2 aromatic rings. The maximum absolute atomic E-state index is 13.1. The molecule has 1 amide bonds. The molecule has 2 rings (SSSR count). The van der Waals surface area contributed by atoms with E-state index in [-0.39, 0.29) is 24.2 Å². The zero-order valence-corrected chi connectivity index (χ0v) is 11.9. The van der Waals surface area contributed by atoms with E-state index in [1.165, 1.54) is 19.2 Å². The van der Waals surface area contributed by atoms with Crippen LogP contribution in [0.4, 0.5) is 4.39 Å². The van der Waals surface area contributed by atoms with Gasteiger partial charge in [0.1, 0.15) is 11.6 Å². The van der Waals surface area contributed by atoms with E-state index in [0.717, 1.165) is 0 Å². The Hall–Kier alpha value is -1.99. The minimum Gasteiger partial charge on any atom is -0.380 e. The molecule has 6 nitrogen and oxygen atoms in total. The molecule has 0 spiro atoms. The van der Waals surface area contributed by atoms with Gasteiger partial charge in [-0.2, -0.15) is 0 Å². The number of carbonyl (C=O) groups is 1. The number of nitrogens with one attached hydrogen (secondary N) is 2. The summed E-state index contributed by atoms with van der Waals surface area (Å²) < 4.78 is 18.1. The molecular formula is C14H19FN4O2. The molecular weight excluding hydrogens is 275 g/mol. The summed E-state index contributed by atoms with van der Waals surface area (Å²) in [5.41, 5.74) is 6.82. The third kappa shape index (κ3) is 4.24. The van der Waals surface area contributed by atoms with E-state index < -0.39 is 0 Å². The predicted molar refractivity (Wildman–Crippen MR) is 77.2 cm³/mol. The number of nitrogens with two attached hydrogens (primary N) is 1. The lowest BCUT2D eigenvalue weighted by Crippen LogP contribution is -2.33. The van der Waals surface area contributed by atoms with Crippen LogP contribution in [0, 0.1) is 5.82 Å². The zero-order valence-electron chi connectivity index (χ0n) is 11.9. The fourth-order valence-electron chi connectivity index (χ4n) is 2.02. The summed E-state index contributed by atoms with van der Waals surface area (Å²) in [6, 6.07) is 4.38. The van der Waals surface area contributed by atoms with Crippen LogP contribution < -0.4 is 11.1 Å². The first-order valence-corrected chi connectivity index (χ1v) is 6.76. The first kappa shape index (κ1) is 15.4. The number of aromatic amines is 1. The number of aromatic nitrogens is 2. The molecule has 1 atom stereocenters. The lowest BCUT2D eigenvalue weighted by molar-refractivity contribution is -0.123. The van der Waals surface area contributed by atoms with E-state index in [2.05, 4.69) is 15.3 Å². The summed E-state index contributed by atoms with van der Waals surface area (Å²) in [5, 5.41) is 2.78. The Morgan fingerprint density at radius 2 is 2.38 bits per heavy atom. The van der Waals surface area contributed by atoms with Gasteiger partial charge in [-0.1, -0.05) is 0 Å². The number of hydrogen-bond acceptors (Lipinski definition) is 4. The van der Waals surface area contributed by atoms with E-state index in [0.29, 0.717) is 36.4 Å². The number of imidazole rings is 1. The molecule has 21 heavy (non-hydrogen) atoms. The van der Waals surface area contributed by atoms with E-state index in [1.807, 2.05) is 0 Å². The second-order valence-corrected chi connectivity index (χ2v) is 4.74. The molecule has 1 unspecified atom stereocenters. The van der Waals surface area contributed by atoms with Gasteiger partial charge in [-0.15, -0.1) is 0 Å². The van der Waals surface area contributed by atoms with Crippen molar-refractivity contribution in [3.63, 3.8) is 0 Å². The van der Waals surface area contributed by atoms with Gasteiger partial charge in [0.05, 0.1) is 23.6 Å². The normalized spacial score (nSPS) is 12.5. The van der Waals surface area contributed by atoms with Gasteiger partial charge in [0.2, 0.25) is 5.91 Å². The van der Waals surface area contributed by atoms with Crippen molar-refractivity contribution in [1.29, 1.82) is 0 Å². The van der Waals surface area contributed by atoms with E-state index >= 15 is 0 Å². The molecule has 0 aliphatic rings. The second-order valence-electron chi connectivity index (χ2n) is 4.74. The SMILES string of the molecule is COC(CN)CC(=O)NCCc1nc2ccc(F)cc2[nH]1. The highest BCUT2D eigenvalue weighted by molar-refractivity contribution is 5.76. The van der Waals surface area contributed by atoms with Gasteiger partial charge < -0.3 is 20.8 Å². The number of rotatable bonds is 7. The van der Waals surface area contributed by atoms with Gasteiger partial charge in [-0.05, 0) is 18.2 Å². The lowest BCUT2D eigenvalue weighted by atomic mass is 10.2. The van der Waals surface area contributed by atoms with E-state index in [9.17, 15) is 9.18 Å². The number of fused-ring (bicyclic) bond motifs is 1. The van der Waals surface area contributed by atoms with Gasteiger partial charge >= 0.3 is 0 Å². The molecule has 0 saturated heterocycles. The third-order valence-corrected chi connectivity index (χ3v) is 3.19. The average molecular weight is 294 g/mol. The Bertz CT molecular complexity index is 610. The largest absolute Gasteiger partial charge is 0.380 e. The molecule has 0 fully saturated rings. The standard InChI is InChI=1S/C14H19FN4O2/c1-21-10(8-16)7-14(20)17-5-4-13-18-11-3-2-9(15)6-12(11)19-13/h2-3,6,10H,4-5,7-8,16H2,1H3,(H,17,20)(H,18,19). The number of methoxy groups -OCH3 is 1. The van der Waals surface area contributed by atoms with Gasteiger partial charge in [-0.3, -0.25) is 4.79 Å². The maximum Gasteiger partial charge on any atom is 0.222 e. The van der Waals surface area contributed by atoms with Gasteiger partial charge in [0.15, 0.2) is 0 Å². The van der Waals surface area contributed by atoms with Crippen LogP contribution >= 0.6 is 0 Å². The van der Waals surface area contributed by atoms with Crippen molar-refractivity contribution in [2.24, 2.45) is 5.73 Å². The van der Waals surface area contributed by atoms with Gasteiger partial charge in [-0.25, -0.2) is 9.37 Å². The molecule has 7 heteroatoms. The van der Waals surface area contributed by atoms with Crippen molar-refractivity contribution in [2.45, 2.75) is 18.9 Å². The highest BCUT2D eigenvalue weighted by Crippen LogP contribution is 2.12. The number of ether oxygens (including phenoxy) is 1. The first-order chi connectivity index (χ1) is 10.1. The Morgan fingerprint density at radius 1 is 1.57 bits per heavy atom. The second kappa shape index (κ2) is 7.14. The Kier molecular flexibility index (Phi) is 5.24. The molecule has 0 saturated carbocycles. The van der Waals surface area contributed by atoms with Crippen molar-refractivity contribution in [3.05, 3.63) is 29.8 Å². The third-order valence-electron chi connectivity index (χ3n) is 3.19. The van der Waals surface area contributed by atoms with Crippen molar-refractivity contribution in [3.8, 4) is 0 Å². The number of hydrogen-bond donors (Lipinski definition) is 3. The number of H-pyrrole nitrogens is 1. The molecule has 0 aliphatic heterocycles. The molecule has 0 radical (unpaired) electrons. The minimum absolute atomic E-state index is 0.116. The van der Waals surface area contributed by atoms with Crippen LogP contribution in [0.15, 0.2) is 18.2 Å². The van der Waals surface area contributed by atoms with E-state index in [4.69, 9.17) is 10.5 Å². The number of nitrogens with zero attached hydrogens (tertiary/aromatic N) is 1. The van der Waals surface area contributed by atoms with Crippen LogP contribution in [-0.4, -0.2) is 42.2 Å². The molecule has 1 aromatic heterocycles. The highest BCUT2D eigenvalue weighted by Gasteiger charge is 2.11. The number of carbonyl (C=O) groups excluding carboxylic acids is 1. The predicted octanol–water partition coefficient (Wildman–Crippen LogP) is 0.724. The Labute approximate surface area is 121 Å². The quantitative estimate of drug-likeness (QED) is 0.701. The zero-order chi connectivity index (χ0) is 15.2. The van der Waals surface area contributed by atoms with Crippen LogP contribution in [0.2, 0.25) is 0 Å². The fraction of sp³-hybridized carbons (Fsp3) is 0.429. The fourth-order valence-corrected chi connectivity index (χ4v) is 2.02. The summed E-state index contributed by atoms with van der Waals surface area (Å²) in [6.45, 7) is 0.751. The first-order valence-electron chi connectivity index (χ1n) is 6.76. The average Bonchev–Trinajstić information content (AvgIpc) is 2.86. The van der Waals surface area contributed by atoms with Crippen molar-refractivity contribution in [1.82, 2.24) is 15.3 Å². The van der Waals surface area contributed by atoms with Crippen molar-refractivity contribution in [2.75, 3.05) is 20.2 Å². The highest BCUT2D eigenvalue weighted by atomic mass is 19.1. The molecule has 1 aromatic carbocycles. The topological polar surface area (TPSA) is 93.0 Å². The molecule has 4 N–H and O–H groups in total. The van der Waals surface area contributed by atoms with Crippen LogP contribution in [0.25, 0.3) is 11.0 Å². The molecule has 114 valence electrons. The smallest absolute Gasteiger partial charge is 0.222 e. The number of amides is 1. The van der Waals surface area contributed by atoms with Crippen molar-refractivity contribution < 1.29 is 13.9 Å². The number of halogens is 1. The molecule has 0 bridgehead atoms. The monoisotopic (exact) mass is 294 g/mol. The van der Waals surface area contributed by atoms with Gasteiger partial charge in [0, 0.05) is 26.6 Å². The summed E-state index contributed by atoms with van der Waals surface area (Å²) in [7, 11) is 1.53. The summed E-state index contributed by atoms with van der Waals surface area (Å²) in [6.07, 6.45) is 0.514. The van der Waals surface area contributed by atoms with Crippen LogP contribution in [0.1, 0.15) is 12.2 Å². The number of benzene rings is 1. The lowest BCUT2D eigenvalue weighted by Gasteiger charge is -2.12. The van der Waals surface area contributed by atoms with Crippen LogP contribution in [-0.2, 0) is 16.0 Å². The maximum atomic E-state index is 13.1. The van der Waals surface area contributed by atoms with E-state index in [1.54, 1.807) is 6.07 Å². The molecule has 1 heterocycles. The summed E-state index contributed by atoms with van der Waals surface area (Å²) >= 11 is 0. The molecule has 0 aliphatic carbocycles. The minimum atomic E-state index is -0.307. The van der Waals surface area contributed by atoms with Crippen molar-refractivity contribution >= 4 is 16.9 Å². The van der Waals surface area contributed by atoms with Crippen LogP contribution in [0.3, 0.4) is 0 Å². The summed E-state index contributed by atoms with van der Waals surface area (Å²) in [5.74, 6) is 0.283. The Balaban J connectivity index is 1.83.